The fraction of sp³-hybridized carbons (Fsp3) is 0.615. The van der Waals surface area contributed by atoms with Gasteiger partial charge in [-0.3, -0.25) is 4.57 Å². The van der Waals surface area contributed by atoms with Crippen LogP contribution in [0.4, 0.5) is 0 Å². The van der Waals surface area contributed by atoms with Crippen molar-refractivity contribution in [3.05, 3.63) is 12.7 Å². The van der Waals surface area contributed by atoms with E-state index in [-0.39, 0.29) is 17.0 Å². The van der Waals surface area contributed by atoms with Crippen LogP contribution < -0.4 is 0 Å². The summed E-state index contributed by atoms with van der Waals surface area (Å²) in [5.74, 6) is -0.275. The van der Waals surface area contributed by atoms with E-state index in [4.69, 9.17) is 4.74 Å². The fourth-order valence-corrected chi connectivity index (χ4v) is 5.04. The molecule has 0 aromatic carbocycles. The molecule has 0 unspecified atom stereocenters. The second kappa shape index (κ2) is 5.21. The minimum absolute atomic E-state index is 0.177. The summed E-state index contributed by atoms with van der Waals surface area (Å²) in [5, 5.41) is 39.4. The highest BCUT2D eigenvalue weighted by Crippen LogP contribution is 2.45. The molecule has 126 valence electrons. The molecule has 1 aliphatic heterocycles. The summed E-state index contributed by atoms with van der Waals surface area (Å²) in [6, 6.07) is 0. The first-order valence-corrected chi connectivity index (χ1v) is 10.7. The van der Waals surface area contributed by atoms with E-state index in [0.717, 1.165) is 0 Å². The summed E-state index contributed by atoms with van der Waals surface area (Å²) in [6.45, 7) is 5.28. The average Bonchev–Trinajstić information content (AvgIpc) is 3.01. The van der Waals surface area contributed by atoms with Gasteiger partial charge in [0.2, 0.25) is 5.88 Å². The van der Waals surface area contributed by atoms with E-state index in [0.29, 0.717) is 0 Å². The second-order valence-corrected chi connectivity index (χ2v) is 12.1. The number of aliphatic hydroxyl groups is 3. The quantitative estimate of drug-likeness (QED) is 0.544. The van der Waals surface area contributed by atoms with Crippen LogP contribution in [0.1, 0.15) is 6.23 Å². The number of nitrogens with zero attached hydrogens (tertiary/aromatic N) is 4. The number of aliphatic hydroxyl groups excluding tert-OH is 2. The van der Waals surface area contributed by atoms with E-state index in [1.807, 2.05) is 19.6 Å². The number of ether oxygens (including phenoxy) is 1. The zero-order chi connectivity index (χ0) is 17.0. The van der Waals surface area contributed by atoms with Crippen LogP contribution >= 0.6 is 0 Å². The van der Waals surface area contributed by atoms with Crippen LogP contribution in [-0.2, 0) is 4.74 Å². The van der Waals surface area contributed by atoms with Crippen molar-refractivity contribution in [2.75, 3.05) is 6.61 Å². The van der Waals surface area contributed by atoms with Crippen molar-refractivity contribution in [1.29, 1.82) is 0 Å². The minimum atomic E-state index is -2.37. The maximum atomic E-state index is 11.3. The van der Waals surface area contributed by atoms with Crippen LogP contribution in [0.25, 0.3) is 11.2 Å². The lowest BCUT2D eigenvalue weighted by Crippen LogP contribution is -2.62. The standard InChI is InChI=1S/C13H20N4O5Si/c1-23(2,3)13(21)9(19)7(4-18)22-12(13)17-6-16-8-10(17)14-5-15-11(8)20/h5-7,9,12,18-19,21H,4H2,1-3H3,(H,14,15,20)/t7-,9-,12-,13+/m1/s1. The number of hydrogen-bond acceptors (Lipinski definition) is 8. The predicted molar refractivity (Wildman–Crippen MR) is 82.3 cm³/mol. The average molecular weight is 340 g/mol. The summed E-state index contributed by atoms with van der Waals surface area (Å²) in [7, 11) is -2.37. The summed E-state index contributed by atoms with van der Waals surface area (Å²) >= 11 is 0. The monoisotopic (exact) mass is 340 g/mol. The first-order chi connectivity index (χ1) is 10.7. The lowest BCUT2D eigenvalue weighted by molar-refractivity contribution is -0.0658. The third kappa shape index (κ3) is 2.17. The molecule has 4 N–H and O–H groups in total. The van der Waals surface area contributed by atoms with Gasteiger partial charge in [-0.05, 0) is 0 Å². The van der Waals surface area contributed by atoms with Crippen molar-refractivity contribution < 1.29 is 25.2 Å². The van der Waals surface area contributed by atoms with Gasteiger partial charge in [0.1, 0.15) is 23.8 Å². The molecule has 9 nitrogen and oxygen atoms in total. The van der Waals surface area contributed by atoms with E-state index >= 15 is 0 Å². The van der Waals surface area contributed by atoms with Gasteiger partial charge in [0, 0.05) is 0 Å². The smallest absolute Gasteiger partial charge is 0.242 e. The topological polar surface area (TPSA) is 134 Å². The molecule has 1 saturated heterocycles. The Morgan fingerprint density at radius 3 is 2.61 bits per heavy atom. The molecule has 1 fully saturated rings. The second-order valence-electron chi connectivity index (χ2n) is 6.75. The summed E-state index contributed by atoms with van der Waals surface area (Å²) in [4.78, 5) is 11.8. The van der Waals surface area contributed by atoms with Gasteiger partial charge < -0.3 is 25.2 Å². The van der Waals surface area contributed by atoms with Crippen molar-refractivity contribution in [2.45, 2.75) is 43.3 Å². The largest absolute Gasteiger partial charge is 0.492 e. The van der Waals surface area contributed by atoms with Crippen molar-refractivity contribution in [3.63, 3.8) is 0 Å². The first kappa shape index (κ1) is 16.3. The Balaban J connectivity index is 2.18. The number of imidazole rings is 1. The van der Waals surface area contributed by atoms with Gasteiger partial charge in [-0.25, -0.2) is 9.97 Å². The van der Waals surface area contributed by atoms with Gasteiger partial charge in [0.25, 0.3) is 0 Å². The Hall–Kier alpha value is -1.59. The molecule has 0 bridgehead atoms. The lowest BCUT2D eigenvalue weighted by atomic mass is 10.1. The van der Waals surface area contributed by atoms with E-state index in [2.05, 4.69) is 15.0 Å². The zero-order valence-electron chi connectivity index (χ0n) is 13.1. The highest BCUT2D eigenvalue weighted by atomic mass is 28.3. The Labute approximate surface area is 133 Å². The summed E-state index contributed by atoms with van der Waals surface area (Å²) in [5.41, 5.74) is 0.459. The molecule has 0 saturated carbocycles. The van der Waals surface area contributed by atoms with Crippen LogP contribution in [-0.4, -0.2) is 72.1 Å². The SMILES string of the molecule is C[Si](C)(C)[C@@]1(O)[C@H](O)[C@@H](CO)O[C@H]1n1cnc2c(O)ncnc21. The van der Waals surface area contributed by atoms with Crippen molar-refractivity contribution in [1.82, 2.24) is 19.5 Å². The molecule has 3 rings (SSSR count). The molecular formula is C13H20N4O5Si. The third-order valence-electron chi connectivity index (χ3n) is 4.46. The maximum absolute atomic E-state index is 11.3. The van der Waals surface area contributed by atoms with Crippen molar-refractivity contribution in [3.8, 4) is 5.88 Å². The normalized spacial score (nSPS) is 31.8. The molecule has 0 spiro atoms. The summed E-state index contributed by atoms with van der Waals surface area (Å²) < 4.78 is 7.19. The molecule has 0 aliphatic carbocycles. The molecule has 10 heteroatoms. The Morgan fingerprint density at radius 1 is 1.30 bits per heavy atom. The number of hydrogen-bond donors (Lipinski definition) is 4. The van der Waals surface area contributed by atoms with Gasteiger partial charge >= 0.3 is 0 Å². The Bertz CT molecular complexity index is 733. The van der Waals surface area contributed by atoms with Gasteiger partial charge in [-0.1, -0.05) is 19.6 Å². The van der Waals surface area contributed by atoms with Crippen LogP contribution in [0, 0.1) is 0 Å². The van der Waals surface area contributed by atoms with Crippen LogP contribution in [0.2, 0.25) is 19.6 Å². The number of rotatable bonds is 3. The van der Waals surface area contributed by atoms with Gasteiger partial charge in [-0.15, -0.1) is 0 Å². The minimum Gasteiger partial charge on any atom is -0.492 e. The predicted octanol–water partition coefficient (Wildman–Crippen LogP) is -0.609. The number of aromatic hydroxyl groups is 1. The van der Waals surface area contributed by atoms with Crippen LogP contribution in [0.5, 0.6) is 5.88 Å². The Morgan fingerprint density at radius 2 is 2.00 bits per heavy atom. The molecule has 4 atom stereocenters. The van der Waals surface area contributed by atoms with Crippen LogP contribution in [0.15, 0.2) is 12.7 Å². The number of fused-ring (bicyclic) bond motifs is 1. The highest BCUT2D eigenvalue weighted by molar-refractivity contribution is 6.79. The van der Waals surface area contributed by atoms with E-state index < -0.39 is 38.3 Å². The van der Waals surface area contributed by atoms with Crippen molar-refractivity contribution in [2.24, 2.45) is 0 Å². The lowest BCUT2D eigenvalue weighted by Gasteiger charge is -2.41. The molecule has 2 aromatic rings. The molecule has 23 heavy (non-hydrogen) atoms. The molecule has 0 amide bonds. The van der Waals surface area contributed by atoms with E-state index in [1.165, 1.54) is 17.2 Å². The molecule has 2 aromatic heterocycles. The van der Waals surface area contributed by atoms with Gasteiger partial charge in [-0.2, -0.15) is 4.98 Å². The van der Waals surface area contributed by atoms with Gasteiger partial charge in [0.05, 0.1) is 21.0 Å². The van der Waals surface area contributed by atoms with Crippen molar-refractivity contribution >= 4 is 19.2 Å². The number of aromatic nitrogens is 4. The third-order valence-corrected chi connectivity index (χ3v) is 7.40. The van der Waals surface area contributed by atoms with Gasteiger partial charge in [0.15, 0.2) is 17.4 Å². The van der Waals surface area contributed by atoms with E-state index in [1.54, 1.807) is 0 Å². The van der Waals surface area contributed by atoms with E-state index in [9.17, 15) is 20.4 Å². The molecule has 3 heterocycles. The maximum Gasteiger partial charge on any atom is 0.242 e. The zero-order valence-corrected chi connectivity index (χ0v) is 14.1. The highest BCUT2D eigenvalue weighted by Gasteiger charge is 2.62. The fourth-order valence-electron chi connectivity index (χ4n) is 3.02. The Kier molecular flexibility index (Phi) is 3.69. The first-order valence-electron chi connectivity index (χ1n) is 7.25. The molecule has 0 radical (unpaired) electrons. The van der Waals surface area contributed by atoms with Crippen LogP contribution in [0.3, 0.4) is 0 Å². The summed E-state index contributed by atoms with van der Waals surface area (Å²) in [6.07, 6.45) is -0.568. The molecular weight excluding hydrogens is 320 g/mol. The molecule has 1 aliphatic rings.